The molecule has 0 heterocycles. The van der Waals surface area contributed by atoms with Crippen molar-refractivity contribution in [1.29, 1.82) is 0 Å². The van der Waals surface area contributed by atoms with Crippen LogP contribution in [-0.4, -0.2) is 30.6 Å². The minimum atomic E-state index is -0.496. The first-order valence-corrected chi connectivity index (χ1v) is 5.05. The van der Waals surface area contributed by atoms with Crippen molar-refractivity contribution < 1.29 is 14.3 Å². The number of rotatable bonds is 5. The van der Waals surface area contributed by atoms with Crippen LogP contribution >= 0.6 is 11.8 Å². The molecule has 1 amide bonds. The first-order chi connectivity index (χ1) is 6.07. The molecule has 4 nitrogen and oxygen atoms in total. The Morgan fingerprint density at radius 3 is 2.62 bits per heavy atom. The lowest BCUT2D eigenvalue weighted by Crippen LogP contribution is -2.29. The van der Waals surface area contributed by atoms with Crippen LogP contribution < -0.4 is 5.32 Å². The van der Waals surface area contributed by atoms with Crippen molar-refractivity contribution in [1.82, 2.24) is 5.32 Å². The van der Waals surface area contributed by atoms with Gasteiger partial charge in [0, 0.05) is 5.57 Å². The molecule has 5 heteroatoms. The summed E-state index contributed by atoms with van der Waals surface area (Å²) in [4.78, 5) is 21.7. The lowest BCUT2D eigenvalue weighted by molar-refractivity contribution is -0.140. The first-order valence-electron chi connectivity index (χ1n) is 3.66. The molecule has 0 aliphatic rings. The largest absolute Gasteiger partial charge is 0.441 e. The molecule has 0 fully saturated rings. The molecule has 0 aromatic heterocycles. The van der Waals surface area contributed by atoms with E-state index in [-0.39, 0.29) is 12.6 Å². The first kappa shape index (κ1) is 12.0. The molecule has 0 aliphatic heterocycles. The zero-order valence-corrected chi connectivity index (χ0v) is 8.57. The summed E-state index contributed by atoms with van der Waals surface area (Å²) in [5, 5.41) is 2.43. The fourth-order valence-electron chi connectivity index (χ4n) is 0.487. The SMILES string of the molecule is C=C(C)C(=O)OCNC(=O)CSC. The van der Waals surface area contributed by atoms with Crippen LogP contribution in [0.4, 0.5) is 0 Å². The molecule has 0 atom stereocenters. The Morgan fingerprint density at radius 1 is 1.54 bits per heavy atom. The highest BCUT2D eigenvalue weighted by molar-refractivity contribution is 7.99. The average Bonchev–Trinajstić information content (AvgIpc) is 2.04. The molecule has 0 saturated carbocycles. The number of hydrogen-bond acceptors (Lipinski definition) is 4. The fraction of sp³-hybridized carbons (Fsp3) is 0.500. The van der Waals surface area contributed by atoms with Crippen LogP contribution in [0.3, 0.4) is 0 Å². The highest BCUT2D eigenvalue weighted by atomic mass is 32.2. The fourth-order valence-corrected chi connectivity index (χ4v) is 0.852. The van der Waals surface area contributed by atoms with Crippen molar-refractivity contribution in [2.45, 2.75) is 6.92 Å². The van der Waals surface area contributed by atoms with E-state index in [0.717, 1.165) is 0 Å². The number of hydrogen-bond donors (Lipinski definition) is 1. The molecule has 0 saturated heterocycles. The van der Waals surface area contributed by atoms with Gasteiger partial charge in [-0.25, -0.2) is 4.79 Å². The second-order valence-electron chi connectivity index (χ2n) is 2.39. The van der Waals surface area contributed by atoms with Gasteiger partial charge in [-0.15, -0.1) is 0 Å². The van der Waals surface area contributed by atoms with Gasteiger partial charge in [0.2, 0.25) is 5.91 Å². The molecule has 0 unspecified atom stereocenters. The van der Waals surface area contributed by atoms with Gasteiger partial charge in [-0.05, 0) is 13.2 Å². The van der Waals surface area contributed by atoms with Crippen LogP contribution in [0.5, 0.6) is 0 Å². The number of esters is 1. The molecule has 74 valence electrons. The van der Waals surface area contributed by atoms with E-state index in [0.29, 0.717) is 11.3 Å². The van der Waals surface area contributed by atoms with E-state index in [9.17, 15) is 9.59 Å². The van der Waals surface area contributed by atoms with E-state index >= 15 is 0 Å². The topological polar surface area (TPSA) is 55.4 Å². The molecule has 13 heavy (non-hydrogen) atoms. The van der Waals surface area contributed by atoms with Gasteiger partial charge in [-0.1, -0.05) is 6.58 Å². The van der Waals surface area contributed by atoms with Gasteiger partial charge in [0.05, 0.1) is 5.75 Å². The Balaban J connectivity index is 3.50. The molecule has 0 radical (unpaired) electrons. The number of carbonyl (C=O) groups is 2. The molecular weight excluding hydrogens is 190 g/mol. The van der Waals surface area contributed by atoms with Crippen LogP contribution in [0.2, 0.25) is 0 Å². The second kappa shape index (κ2) is 6.54. The lowest BCUT2D eigenvalue weighted by atomic mass is 10.4. The third kappa shape index (κ3) is 6.21. The van der Waals surface area contributed by atoms with Crippen molar-refractivity contribution in [2.24, 2.45) is 0 Å². The highest BCUT2D eigenvalue weighted by Crippen LogP contribution is 1.91. The maximum atomic E-state index is 10.8. The van der Waals surface area contributed by atoms with E-state index in [1.54, 1.807) is 6.92 Å². The summed E-state index contributed by atoms with van der Waals surface area (Å²) in [5.74, 6) is -0.281. The molecule has 0 aromatic carbocycles. The monoisotopic (exact) mass is 203 g/mol. The summed E-state index contributed by atoms with van der Waals surface area (Å²) in [6.45, 7) is 4.85. The molecule has 0 aliphatic carbocycles. The maximum Gasteiger partial charge on any atom is 0.334 e. The third-order valence-corrected chi connectivity index (χ3v) is 1.65. The van der Waals surface area contributed by atoms with Crippen molar-refractivity contribution in [3.05, 3.63) is 12.2 Å². The van der Waals surface area contributed by atoms with Gasteiger partial charge >= 0.3 is 5.97 Å². The Hall–Kier alpha value is -0.970. The van der Waals surface area contributed by atoms with E-state index in [2.05, 4.69) is 16.6 Å². The van der Waals surface area contributed by atoms with Gasteiger partial charge in [0.15, 0.2) is 6.73 Å². The van der Waals surface area contributed by atoms with Crippen LogP contribution in [0.1, 0.15) is 6.92 Å². The smallest absolute Gasteiger partial charge is 0.334 e. The van der Waals surface area contributed by atoms with Gasteiger partial charge in [-0.2, -0.15) is 11.8 Å². The molecule has 0 aromatic rings. The van der Waals surface area contributed by atoms with Crippen molar-refractivity contribution in [2.75, 3.05) is 18.7 Å². The van der Waals surface area contributed by atoms with Gasteiger partial charge < -0.3 is 10.1 Å². The summed E-state index contributed by atoms with van der Waals surface area (Å²) < 4.78 is 4.64. The number of thioether (sulfide) groups is 1. The highest BCUT2D eigenvalue weighted by Gasteiger charge is 2.03. The van der Waals surface area contributed by atoms with Gasteiger partial charge in [-0.3, -0.25) is 4.79 Å². The zero-order chi connectivity index (χ0) is 10.3. The molecule has 1 N–H and O–H groups in total. The predicted molar refractivity (Wildman–Crippen MR) is 52.3 cm³/mol. The maximum absolute atomic E-state index is 10.8. The van der Waals surface area contributed by atoms with E-state index < -0.39 is 5.97 Å². The van der Waals surface area contributed by atoms with E-state index in [1.807, 2.05) is 6.26 Å². The number of carbonyl (C=O) groups excluding carboxylic acids is 2. The predicted octanol–water partition coefficient (Wildman–Crippen LogP) is 0.542. The van der Waals surface area contributed by atoms with Crippen LogP contribution in [0.25, 0.3) is 0 Å². The number of amides is 1. The van der Waals surface area contributed by atoms with Crippen molar-refractivity contribution in [3.63, 3.8) is 0 Å². The Kier molecular flexibility index (Phi) is 6.05. The average molecular weight is 203 g/mol. The molecule has 0 spiro atoms. The van der Waals surface area contributed by atoms with Crippen molar-refractivity contribution >= 4 is 23.6 Å². The molecular formula is C8H13NO3S. The quantitative estimate of drug-likeness (QED) is 0.402. The Labute approximate surface area is 81.7 Å². The van der Waals surface area contributed by atoms with Crippen molar-refractivity contribution in [3.8, 4) is 0 Å². The number of ether oxygens (including phenoxy) is 1. The third-order valence-electron chi connectivity index (χ3n) is 1.10. The normalized spacial score (nSPS) is 9.08. The summed E-state index contributed by atoms with van der Waals surface area (Å²) in [6, 6.07) is 0. The van der Waals surface area contributed by atoms with Gasteiger partial charge in [0.1, 0.15) is 0 Å². The van der Waals surface area contributed by atoms with Crippen LogP contribution in [0.15, 0.2) is 12.2 Å². The van der Waals surface area contributed by atoms with E-state index in [1.165, 1.54) is 11.8 Å². The zero-order valence-electron chi connectivity index (χ0n) is 7.75. The minimum absolute atomic E-state index is 0.0922. The molecule has 0 bridgehead atoms. The molecule has 0 rings (SSSR count). The van der Waals surface area contributed by atoms with Crippen LogP contribution in [-0.2, 0) is 14.3 Å². The second-order valence-corrected chi connectivity index (χ2v) is 3.26. The minimum Gasteiger partial charge on any atom is -0.441 e. The van der Waals surface area contributed by atoms with E-state index in [4.69, 9.17) is 0 Å². The van der Waals surface area contributed by atoms with Gasteiger partial charge in [0.25, 0.3) is 0 Å². The summed E-state index contributed by atoms with van der Waals surface area (Å²) >= 11 is 1.40. The summed E-state index contributed by atoms with van der Waals surface area (Å²) in [5.41, 5.74) is 0.319. The Morgan fingerprint density at radius 2 is 2.15 bits per heavy atom. The standard InChI is InChI=1S/C8H13NO3S/c1-6(2)8(11)12-5-9-7(10)4-13-3/h1,4-5H2,2-3H3,(H,9,10). The lowest BCUT2D eigenvalue weighted by Gasteiger charge is -2.05. The number of nitrogens with one attached hydrogen (secondary N) is 1. The van der Waals surface area contributed by atoms with Crippen LogP contribution in [0, 0.1) is 0 Å². The Bertz CT molecular complexity index is 215. The summed E-state index contributed by atoms with van der Waals surface area (Å²) in [7, 11) is 0. The summed E-state index contributed by atoms with van der Waals surface area (Å²) in [6.07, 6.45) is 1.82.